The fraction of sp³-hybridized carbons (Fsp3) is 0.200. The van der Waals surface area contributed by atoms with Gasteiger partial charge in [-0.25, -0.2) is 4.98 Å². The minimum atomic E-state index is -1.86. The van der Waals surface area contributed by atoms with Gasteiger partial charge in [0.1, 0.15) is 6.61 Å². The smallest absolute Gasteiger partial charge is 0.324 e. The highest BCUT2D eigenvalue weighted by Crippen LogP contribution is 2.42. The molecular weight excluding hydrogens is 604 g/mol. The van der Waals surface area contributed by atoms with Gasteiger partial charge in [-0.05, 0) is 41.6 Å². The van der Waals surface area contributed by atoms with Crippen LogP contribution in [-0.2, 0) is 32.9 Å². The molecule has 3 aliphatic heterocycles. The van der Waals surface area contributed by atoms with Gasteiger partial charge in [0, 0.05) is 47.0 Å². The van der Waals surface area contributed by atoms with Crippen LogP contribution in [-0.4, -0.2) is 49.5 Å². The van der Waals surface area contributed by atoms with E-state index in [1.165, 1.54) is 12.1 Å². The number of fused-ring (bicyclic) bond motifs is 5. The van der Waals surface area contributed by atoms with E-state index in [9.17, 15) is 34.1 Å². The molecule has 232 valence electrons. The van der Waals surface area contributed by atoms with E-state index in [4.69, 9.17) is 9.72 Å². The Hall–Kier alpha value is -6.04. The van der Waals surface area contributed by atoms with Crippen LogP contribution in [0.3, 0.4) is 0 Å². The summed E-state index contributed by atoms with van der Waals surface area (Å²) in [4.78, 5) is 85.4. The number of non-ortho nitro benzene ring substituents is 1. The third-order valence-corrected chi connectivity index (χ3v) is 9.62. The maximum Gasteiger partial charge on any atom is 0.324 e. The summed E-state index contributed by atoms with van der Waals surface area (Å²) >= 11 is 0. The van der Waals surface area contributed by atoms with Gasteiger partial charge in [0.05, 0.1) is 39.5 Å². The van der Waals surface area contributed by atoms with Crippen molar-refractivity contribution in [2.45, 2.75) is 38.3 Å². The van der Waals surface area contributed by atoms with Crippen LogP contribution in [0.1, 0.15) is 57.2 Å². The van der Waals surface area contributed by atoms with Crippen LogP contribution in [0.25, 0.3) is 33.1 Å². The van der Waals surface area contributed by atoms with E-state index in [-0.39, 0.29) is 59.6 Å². The maximum atomic E-state index is 14.2. The number of ketones is 1. The highest BCUT2D eigenvalue weighted by molar-refractivity contribution is 6.26. The third-order valence-electron chi connectivity index (χ3n) is 9.62. The number of ether oxygens (including phenoxy) is 1. The van der Waals surface area contributed by atoms with Crippen LogP contribution in [0.4, 0.5) is 5.69 Å². The summed E-state index contributed by atoms with van der Waals surface area (Å²) in [6.45, 7) is 1.24. The number of cyclic esters (lactones) is 1. The monoisotopic (exact) mass is 628 g/mol. The second-order valence-corrected chi connectivity index (χ2v) is 11.9. The Morgan fingerprint density at radius 1 is 0.979 bits per heavy atom. The average molecular weight is 629 g/mol. The number of nitro groups is 1. The fourth-order valence-corrected chi connectivity index (χ4v) is 7.28. The normalized spacial score (nSPS) is 17.8. The summed E-state index contributed by atoms with van der Waals surface area (Å²) in [5.41, 5.74) is 0.682. The Bertz CT molecular complexity index is 2380. The van der Waals surface area contributed by atoms with Gasteiger partial charge < -0.3 is 9.30 Å². The van der Waals surface area contributed by atoms with Crippen molar-refractivity contribution in [1.82, 2.24) is 14.5 Å². The molecule has 47 heavy (non-hydrogen) atoms. The summed E-state index contributed by atoms with van der Waals surface area (Å²) in [6.07, 6.45) is -0.452. The third kappa shape index (κ3) is 3.87. The Morgan fingerprint density at radius 3 is 2.53 bits per heavy atom. The number of pyridine rings is 2. The van der Waals surface area contributed by atoms with Gasteiger partial charge in [0.15, 0.2) is 11.2 Å². The molecule has 0 fully saturated rings. The lowest BCUT2D eigenvalue weighted by Crippen LogP contribution is -2.51. The first-order valence-electron chi connectivity index (χ1n) is 15.1. The maximum absolute atomic E-state index is 14.2. The fourth-order valence-electron chi connectivity index (χ4n) is 7.28. The quantitative estimate of drug-likeness (QED) is 0.0854. The number of carbonyl (C=O) groups is 4. The van der Waals surface area contributed by atoms with Gasteiger partial charge in [-0.2, -0.15) is 0 Å². The predicted octanol–water partition coefficient (Wildman–Crippen LogP) is 4.45. The van der Waals surface area contributed by atoms with Crippen molar-refractivity contribution in [3.05, 3.63) is 115 Å². The summed E-state index contributed by atoms with van der Waals surface area (Å²) in [5.74, 6) is -2.87. The Balaban J connectivity index is 1.17. The number of nitrogens with zero attached hydrogens (tertiary/aromatic N) is 4. The first-order chi connectivity index (χ1) is 22.6. The minimum absolute atomic E-state index is 0.0215. The van der Waals surface area contributed by atoms with E-state index in [2.05, 4.69) is 0 Å². The average Bonchev–Trinajstić information content (AvgIpc) is 3.43. The molecule has 5 aromatic rings. The van der Waals surface area contributed by atoms with E-state index >= 15 is 0 Å². The van der Waals surface area contributed by atoms with E-state index in [1.807, 2.05) is 30.3 Å². The number of aromatic nitrogens is 2. The zero-order valence-electron chi connectivity index (χ0n) is 24.9. The number of para-hydroxylation sites is 1. The number of imide groups is 1. The highest BCUT2D eigenvalue weighted by Gasteiger charge is 2.52. The van der Waals surface area contributed by atoms with Crippen LogP contribution in [0.5, 0.6) is 0 Å². The molecule has 0 unspecified atom stereocenters. The Kier molecular flexibility index (Phi) is 6.04. The number of benzene rings is 3. The molecule has 0 N–H and O–H groups in total. The first kappa shape index (κ1) is 28.4. The van der Waals surface area contributed by atoms with E-state index in [1.54, 1.807) is 29.7 Å². The van der Waals surface area contributed by atoms with Crippen molar-refractivity contribution in [1.29, 1.82) is 0 Å². The number of rotatable bonds is 6. The lowest BCUT2D eigenvalue weighted by Gasteiger charge is -2.36. The molecular formula is C35H24N4O8. The molecule has 12 heteroatoms. The highest BCUT2D eigenvalue weighted by atomic mass is 16.6. The van der Waals surface area contributed by atoms with E-state index in [0.29, 0.717) is 22.2 Å². The number of carbonyl (C=O) groups excluding carboxylic acids is 4. The Labute approximate surface area is 265 Å². The molecule has 1 atom stereocenters. The number of amides is 2. The van der Waals surface area contributed by atoms with Gasteiger partial charge >= 0.3 is 5.97 Å². The van der Waals surface area contributed by atoms with E-state index in [0.717, 1.165) is 27.4 Å². The molecule has 3 aliphatic rings. The van der Waals surface area contributed by atoms with Crippen LogP contribution in [0.2, 0.25) is 0 Å². The molecule has 3 aromatic carbocycles. The van der Waals surface area contributed by atoms with Gasteiger partial charge in [-0.3, -0.25) is 39.0 Å². The largest absolute Gasteiger partial charge is 0.460 e. The topological polar surface area (TPSA) is 159 Å². The predicted molar refractivity (Wildman–Crippen MR) is 168 cm³/mol. The second kappa shape index (κ2) is 9.98. The molecule has 8 rings (SSSR count). The number of Topliss-reactive ketones (excluding diaryl/α,β-unsaturated/α-hetero) is 1. The molecule has 0 radical (unpaired) electrons. The lowest BCUT2D eigenvalue weighted by atomic mass is 9.70. The SMILES string of the molecule is CC[C@@]1(C(=O)CCN2C(=O)c3cccc4cc([N+](=O)[O-])cc(c34)C2=O)C(=O)OCc2c1cc1n(c2=O)Cc2cc3ccccc3nc2-1. The molecule has 2 amide bonds. The van der Waals surface area contributed by atoms with Crippen molar-refractivity contribution >= 4 is 50.9 Å². The molecule has 0 saturated heterocycles. The number of hydrogen-bond acceptors (Lipinski definition) is 9. The number of esters is 1. The van der Waals surface area contributed by atoms with Crippen LogP contribution >= 0.6 is 0 Å². The molecule has 2 aromatic heterocycles. The van der Waals surface area contributed by atoms with Crippen molar-refractivity contribution in [3.63, 3.8) is 0 Å². The standard InChI is InChI=1S/C35H24N4O8/c1-2-35(28(40)10-11-37-31(41)22-8-5-7-19-13-21(39(45)46)14-23(29(19)22)32(37)42)25-15-27-30-20(12-18-6-3-4-9-26(18)36-30)16-38(27)33(43)24(25)17-47-34(35)44/h3-9,12-15H,2,10-11,16-17H2,1H3/t35-/m1/s1. The lowest BCUT2D eigenvalue weighted by molar-refractivity contribution is -0.384. The Morgan fingerprint density at radius 2 is 1.74 bits per heavy atom. The summed E-state index contributed by atoms with van der Waals surface area (Å²) in [5, 5.41) is 13.2. The van der Waals surface area contributed by atoms with Gasteiger partial charge in [-0.15, -0.1) is 0 Å². The minimum Gasteiger partial charge on any atom is -0.460 e. The van der Waals surface area contributed by atoms with Crippen LogP contribution in [0, 0.1) is 10.1 Å². The van der Waals surface area contributed by atoms with Crippen molar-refractivity contribution in [2.75, 3.05) is 6.54 Å². The van der Waals surface area contributed by atoms with Crippen LogP contribution in [0.15, 0.2) is 71.5 Å². The zero-order chi connectivity index (χ0) is 32.8. The summed E-state index contributed by atoms with van der Waals surface area (Å²) in [7, 11) is 0. The zero-order valence-corrected chi connectivity index (χ0v) is 24.9. The van der Waals surface area contributed by atoms with Gasteiger partial charge in [0.2, 0.25) is 0 Å². The molecule has 0 aliphatic carbocycles. The van der Waals surface area contributed by atoms with Crippen LogP contribution < -0.4 is 5.56 Å². The van der Waals surface area contributed by atoms with Gasteiger partial charge in [-0.1, -0.05) is 37.3 Å². The molecule has 0 saturated carbocycles. The molecule has 0 spiro atoms. The van der Waals surface area contributed by atoms with Crippen molar-refractivity contribution in [2.24, 2.45) is 0 Å². The molecule has 12 nitrogen and oxygen atoms in total. The summed E-state index contributed by atoms with van der Waals surface area (Å²) in [6, 6.07) is 18.3. The number of nitro benzene ring substituents is 1. The number of hydrogen-bond donors (Lipinski definition) is 0. The summed E-state index contributed by atoms with van der Waals surface area (Å²) < 4.78 is 7.04. The molecule has 0 bridgehead atoms. The van der Waals surface area contributed by atoms with Crippen molar-refractivity contribution < 1.29 is 28.8 Å². The first-order valence-corrected chi connectivity index (χ1v) is 15.1. The molecule has 5 heterocycles. The van der Waals surface area contributed by atoms with Crippen molar-refractivity contribution in [3.8, 4) is 11.4 Å². The van der Waals surface area contributed by atoms with E-state index < -0.39 is 40.3 Å². The second-order valence-electron chi connectivity index (χ2n) is 11.9. The van der Waals surface area contributed by atoms with Gasteiger partial charge in [0.25, 0.3) is 23.1 Å².